The van der Waals surface area contributed by atoms with Crippen LogP contribution in [0.5, 0.6) is 0 Å². The number of carbonyl (C=O) groups excluding carboxylic acids is 3. The first-order valence-electron chi connectivity index (χ1n) is 8.55. The van der Waals surface area contributed by atoms with Gasteiger partial charge in [0.05, 0.1) is 6.54 Å². The van der Waals surface area contributed by atoms with E-state index in [2.05, 4.69) is 11.9 Å². The molecule has 2 heterocycles. The minimum absolute atomic E-state index is 0.235. The van der Waals surface area contributed by atoms with Crippen molar-refractivity contribution >= 4 is 17.7 Å². The molecule has 2 rings (SSSR count). The van der Waals surface area contributed by atoms with E-state index in [9.17, 15) is 14.4 Å². The number of urea groups is 1. The summed E-state index contributed by atoms with van der Waals surface area (Å²) in [4.78, 5) is 38.6. The summed E-state index contributed by atoms with van der Waals surface area (Å²) in [5.74, 6) is -0.317. The van der Waals surface area contributed by atoms with E-state index < -0.39 is 11.6 Å². The molecule has 0 spiro atoms. The Kier molecular flexibility index (Phi) is 5.20. The van der Waals surface area contributed by atoms with Crippen LogP contribution in [-0.4, -0.2) is 39.3 Å². The van der Waals surface area contributed by atoms with E-state index in [1.54, 1.807) is 19.1 Å². The molecule has 1 aromatic rings. The van der Waals surface area contributed by atoms with E-state index in [1.807, 2.05) is 32.3 Å². The molecular weight excluding hydrogens is 318 g/mol. The molecule has 1 unspecified atom stereocenters. The number of nitrogens with one attached hydrogen (secondary N) is 1. The highest BCUT2D eigenvalue weighted by atomic mass is 16.2. The Morgan fingerprint density at radius 1 is 1.36 bits per heavy atom. The lowest BCUT2D eigenvalue weighted by atomic mass is 9.91. The number of hydrogen-bond acceptors (Lipinski definition) is 3. The van der Waals surface area contributed by atoms with Gasteiger partial charge in [-0.25, -0.2) is 4.79 Å². The number of allylic oxidation sites excluding steroid dienone is 1. The second-order valence-corrected chi connectivity index (χ2v) is 7.36. The highest BCUT2D eigenvalue weighted by molar-refractivity contribution is 6.11. The molecule has 136 valence electrons. The van der Waals surface area contributed by atoms with Gasteiger partial charge in [0.1, 0.15) is 5.54 Å². The molecule has 0 saturated carbocycles. The lowest BCUT2D eigenvalue weighted by Crippen LogP contribution is -2.45. The second-order valence-electron chi connectivity index (χ2n) is 7.36. The summed E-state index contributed by atoms with van der Waals surface area (Å²) in [5.41, 5.74) is 1.37. The number of rotatable bonds is 7. The van der Waals surface area contributed by atoms with Crippen LogP contribution < -0.4 is 5.32 Å². The molecule has 25 heavy (non-hydrogen) atoms. The summed E-state index contributed by atoms with van der Waals surface area (Å²) in [7, 11) is 0. The van der Waals surface area contributed by atoms with Crippen molar-refractivity contribution in [2.24, 2.45) is 5.92 Å². The first kappa shape index (κ1) is 19.0. The van der Waals surface area contributed by atoms with Gasteiger partial charge in [-0.3, -0.25) is 14.5 Å². The number of aryl methyl sites for hydroxylation is 1. The van der Waals surface area contributed by atoms with Gasteiger partial charge in [0.2, 0.25) is 0 Å². The third-order valence-corrected chi connectivity index (χ3v) is 4.65. The second kappa shape index (κ2) is 6.86. The highest BCUT2D eigenvalue weighted by Crippen LogP contribution is 2.25. The largest absolute Gasteiger partial charge is 0.345 e. The molecule has 1 fully saturated rings. The van der Waals surface area contributed by atoms with Crippen LogP contribution in [0.25, 0.3) is 0 Å². The fraction of sp³-hybridized carbons (Fsp3) is 0.526. The Morgan fingerprint density at radius 2 is 2.00 bits per heavy atom. The molecule has 0 aromatic carbocycles. The molecular formula is C19H27N3O3. The standard InChI is InChI=1S/C19H27N3O3/c1-7-8-21-13(4)9-15(14(21)5)16(23)11-22-17(24)19(6,10-12(2)3)20-18(22)25/h7,9,12H,1,8,10-11H2,2-6H3,(H,20,25). The van der Waals surface area contributed by atoms with Gasteiger partial charge < -0.3 is 9.88 Å². The molecule has 0 bridgehead atoms. The zero-order chi connectivity index (χ0) is 18.9. The van der Waals surface area contributed by atoms with Crippen LogP contribution in [0, 0.1) is 19.8 Å². The predicted molar refractivity (Wildman–Crippen MR) is 96.5 cm³/mol. The van der Waals surface area contributed by atoms with Crippen molar-refractivity contribution in [3.05, 3.63) is 35.7 Å². The maximum Gasteiger partial charge on any atom is 0.325 e. The molecule has 3 amide bonds. The third-order valence-electron chi connectivity index (χ3n) is 4.65. The Hall–Kier alpha value is -2.37. The summed E-state index contributed by atoms with van der Waals surface area (Å²) < 4.78 is 1.98. The average Bonchev–Trinajstić information content (AvgIpc) is 2.89. The van der Waals surface area contributed by atoms with Crippen molar-refractivity contribution in [1.82, 2.24) is 14.8 Å². The average molecular weight is 345 g/mol. The maximum atomic E-state index is 12.7. The lowest BCUT2D eigenvalue weighted by molar-refractivity contribution is -0.131. The zero-order valence-corrected chi connectivity index (χ0v) is 15.7. The molecule has 1 aliphatic rings. The first-order chi connectivity index (χ1) is 11.6. The normalized spacial score (nSPS) is 20.3. The molecule has 0 radical (unpaired) electrons. The quantitative estimate of drug-likeness (QED) is 0.469. The van der Waals surface area contributed by atoms with Crippen LogP contribution in [0.1, 0.15) is 48.9 Å². The number of aromatic nitrogens is 1. The summed E-state index contributed by atoms with van der Waals surface area (Å²) in [6, 6.07) is 1.30. The maximum absolute atomic E-state index is 12.7. The minimum Gasteiger partial charge on any atom is -0.345 e. The van der Waals surface area contributed by atoms with E-state index in [-0.39, 0.29) is 24.2 Å². The highest BCUT2D eigenvalue weighted by Gasteiger charge is 2.48. The summed E-state index contributed by atoms with van der Waals surface area (Å²) >= 11 is 0. The van der Waals surface area contributed by atoms with Crippen molar-refractivity contribution in [1.29, 1.82) is 0 Å². The van der Waals surface area contributed by atoms with Crippen LogP contribution >= 0.6 is 0 Å². The number of amides is 3. The first-order valence-corrected chi connectivity index (χ1v) is 8.55. The van der Waals surface area contributed by atoms with Crippen LogP contribution in [0.4, 0.5) is 4.79 Å². The van der Waals surface area contributed by atoms with E-state index >= 15 is 0 Å². The van der Waals surface area contributed by atoms with Crippen molar-refractivity contribution in [3.8, 4) is 0 Å². The lowest BCUT2D eigenvalue weighted by Gasteiger charge is -2.23. The van der Waals surface area contributed by atoms with Crippen molar-refractivity contribution in [3.63, 3.8) is 0 Å². The van der Waals surface area contributed by atoms with E-state index in [0.29, 0.717) is 18.5 Å². The van der Waals surface area contributed by atoms with Crippen molar-refractivity contribution < 1.29 is 14.4 Å². The molecule has 1 aromatic heterocycles. The molecule has 0 aliphatic carbocycles. The van der Waals surface area contributed by atoms with Crippen molar-refractivity contribution in [2.45, 2.75) is 53.1 Å². The van der Waals surface area contributed by atoms with E-state index in [1.165, 1.54) is 0 Å². The van der Waals surface area contributed by atoms with E-state index in [4.69, 9.17) is 0 Å². The molecule has 1 N–H and O–H groups in total. The van der Waals surface area contributed by atoms with Crippen LogP contribution in [0.2, 0.25) is 0 Å². The predicted octanol–water partition coefficient (Wildman–Crippen LogP) is 2.83. The summed E-state index contributed by atoms with van der Waals surface area (Å²) in [6.45, 7) is 13.6. The van der Waals surface area contributed by atoms with Crippen LogP contribution in [0.3, 0.4) is 0 Å². The monoisotopic (exact) mass is 345 g/mol. The third kappa shape index (κ3) is 3.52. The molecule has 6 nitrogen and oxygen atoms in total. The van der Waals surface area contributed by atoms with Gasteiger partial charge in [0.15, 0.2) is 5.78 Å². The van der Waals surface area contributed by atoms with Gasteiger partial charge in [-0.15, -0.1) is 6.58 Å². The molecule has 1 atom stereocenters. The topological polar surface area (TPSA) is 71.4 Å². The number of nitrogens with zero attached hydrogens (tertiary/aromatic N) is 2. The van der Waals surface area contributed by atoms with Gasteiger partial charge in [-0.1, -0.05) is 19.9 Å². The van der Waals surface area contributed by atoms with Crippen LogP contribution in [0.15, 0.2) is 18.7 Å². The minimum atomic E-state index is -0.939. The van der Waals surface area contributed by atoms with Gasteiger partial charge in [0, 0.05) is 23.5 Å². The van der Waals surface area contributed by atoms with Gasteiger partial charge >= 0.3 is 6.03 Å². The number of imide groups is 1. The van der Waals surface area contributed by atoms with Gasteiger partial charge in [0.25, 0.3) is 5.91 Å². The Morgan fingerprint density at radius 3 is 2.56 bits per heavy atom. The number of Topliss-reactive ketones (excluding diaryl/α,β-unsaturated/α-hetero) is 1. The van der Waals surface area contributed by atoms with Gasteiger partial charge in [-0.2, -0.15) is 0 Å². The Balaban J connectivity index is 2.21. The van der Waals surface area contributed by atoms with E-state index in [0.717, 1.165) is 16.3 Å². The van der Waals surface area contributed by atoms with Crippen LogP contribution in [-0.2, 0) is 11.3 Å². The number of carbonyl (C=O) groups is 3. The SMILES string of the molecule is C=CCn1c(C)cc(C(=O)CN2C(=O)NC(C)(CC(C)C)C2=O)c1C. The summed E-state index contributed by atoms with van der Waals surface area (Å²) in [5, 5.41) is 2.74. The van der Waals surface area contributed by atoms with Crippen molar-refractivity contribution in [2.75, 3.05) is 6.54 Å². The molecule has 6 heteroatoms. The fourth-order valence-electron chi connectivity index (χ4n) is 3.57. The molecule has 1 saturated heterocycles. The Bertz CT molecular complexity index is 733. The number of hydrogen-bond donors (Lipinski definition) is 1. The number of ketones is 1. The Labute approximate surface area is 148 Å². The van der Waals surface area contributed by atoms with Gasteiger partial charge in [-0.05, 0) is 39.2 Å². The molecule has 1 aliphatic heterocycles. The zero-order valence-electron chi connectivity index (χ0n) is 15.7. The smallest absolute Gasteiger partial charge is 0.325 e. The fourth-order valence-corrected chi connectivity index (χ4v) is 3.57. The summed E-state index contributed by atoms with van der Waals surface area (Å²) in [6.07, 6.45) is 2.30.